The van der Waals surface area contributed by atoms with E-state index in [1.165, 1.54) is 11.1 Å². The minimum atomic E-state index is 0.0869. The van der Waals surface area contributed by atoms with Gasteiger partial charge in [-0.05, 0) is 51.7 Å². The predicted octanol–water partition coefficient (Wildman–Crippen LogP) is 3.51. The number of carbonyl (C=O) groups is 1. The summed E-state index contributed by atoms with van der Waals surface area (Å²) in [4.78, 5) is 10.6. The number of aryl methyl sites for hydroxylation is 1. The molecule has 0 saturated carbocycles. The van der Waals surface area contributed by atoms with E-state index >= 15 is 0 Å². The molecule has 0 spiro atoms. The molecule has 0 atom stereocenters. The van der Waals surface area contributed by atoms with E-state index in [1.54, 1.807) is 0 Å². The zero-order valence-corrected chi connectivity index (χ0v) is 11.8. The maximum atomic E-state index is 10.6. The number of aromatic hydroxyl groups is 1. The van der Waals surface area contributed by atoms with Crippen LogP contribution in [0.2, 0.25) is 0 Å². The number of aldehydes is 1. The van der Waals surface area contributed by atoms with E-state index in [0.29, 0.717) is 0 Å². The molecule has 1 aliphatic carbocycles. The van der Waals surface area contributed by atoms with Crippen molar-refractivity contribution in [2.75, 3.05) is 0 Å². The molecule has 0 amide bonds. The van der Waals surface area contributed by atoms with Crippen molar-refractivity contribution in [2.24, 2.45) is 0 Å². The van der Waals surface area contributed by atoms with Crippen molar-refractivity contribution < 1.29 is 9.90 Å². The van der Waals surface area contributed by atoms with Gasteiger partial charge in [-0.3, -0.25) is 0 Å². The van der Waals surface area contributed by atoms with E-state index < -0.39 is 0 Å². The summed E-state index contributed by atoms with van der Waals surface area (Å²) in [6, 6.07) is 1.99. The van der Waals surface area contributed by atoms with Crippen LogP contribution in [0.3, 0.4) is 0 Å². The highest BCUT2D eigenvalue weighted by atomic mass is 79.9. The van der Waals surface area contributed by atoms with Gasteiger partial charge in [-0.2, -0.15) is 0 Å². The van der Waals surface area contributed by atoms with Crippen molar-refractivity contribution in [1.82, 2.24) is 0 Å². The van der Waals surface area contributed by atoms with Crippen molar-refractivity contribution in [2.45, 2.75) is 44.9 Å². The molecule has 2 nitrogen and oxygen atoms in total. The second-order valence-electron chi connectivity index (χ2n) is 5.34. The molecular formula is C14H17BrO2. The van der Waals surface area contributed by atoms with Crippen LogP contribution in [-0.4, -0.2) is 11.4 Å². The van der Waals surface area contributed by atoms with Crippen molar-refractivity contribution >= 4 is 22.2 Å². The molecule has 2 rings (SSSR count). The molecule has 0 aliphatic heterocycles. The molecule has 0 radical (unpaired) electrons. The van der Waals surface area contributed by atoms with Crippen LogP contribution in [0.15, 0.2) is 10.5 Å². The first kappa shape index (κ1) is 12.6. The Hall–Kier alpha value is -0.830. The molecule has 3 heteroatoms. The number of phenolic OH excluding ortho intramolecular Hbond substituents is 1. The molecule has 1 aliphatic rings. The minimum absolute atomic E-state index is 0.0869. The summed E-state index contributed by atoms with van der Waals surface area (Å²) in [6.45, 7) is 4.41. The van der Waals surface area contributed by atoms with Gasteiger partial charge in [-0.15, -0.1) is 0 Å². The minimum Gasteiger partial charge on any atom is -0.506 e. The highest BCUT2D eigenvalue weighted by Gasteiger charge is 2.31. The Morgan fingerprint density at radius 2 is 2.24 bits per heavy atom. The second-order valence-corrected chi connectivity index (χ2v) is 6.13. The third kappa shape index (κ3) is 2.13. The van der Waals surface area contributed by atoms with Crippen LogP contribution in [0.4, 0.5) is 0 Å². The standard InChI is InChI=1S/C14H17BrO2/c1-14(2)6-3-4-9-8-10(5-7-16)13(17)12(15)11(9)14/h7-8,17H,3-6H2,1-2H3. The predicted molar refractivity (Wildman–Crippen MR) is 71.5 cm³/mol. The molecule has 0 unspecified atom stereocenters. The van der Waals surface area contributed by atoms with E-state index in [2.05, 4.69) is 29.8 Å². The molecule has 0 bridgehead atoms. The van der Waals surface area contributed by atoms with Crippen LogP contribution >= 0.6 is 15.9 Å². The van der Waals surface area contributed by atoms with Gasteiger partial charge in [-0.25, -0.2) is 0 Å². The van der Waals surface area contributed by atoms with Gasteiger partial charge in [0.05, 0.1) is 4.47 Å². The molecular weight excluding hydrogens is 280 g/mol. The number of rotatable bonds is 2. The highest BCUT2D eigenvalue weighted by molar-refractivity contribution is 9.10. The molecule has 92 valence electrons. The Morgan fingerprint density at radius 1 is 1.53 bits per heavy atom. The highest BCUT2D eigenvalue weighted by Crippen LogP contribution is 2.45. The number of phenols is 1. The van der Waals surface area contributed by atoms with E-state index in [9.17, 15) is 9.90 Å². The summed E-state index contributed by atoms with van der Waals surface area (Å²) < 4.78 is 0.775. The lowest BCUT2D eigenvalue weighted by molar-refractivity contribution is -0.107. The number of carbonyl (C=O) groups excluding carboxylic acids is 1. The van der Waals surface area contributed by atoms with Gasteiger partial charge < -0.3 is 9.90 Å². The fourth-order valence-corrected chi connectivity index (χ4v) is 3.82. The van der Waals surface area contributed by atoms with Crippen molar-refractivity contribution in [3.05, 3.63) is 27.2 Å². The van der Waals surface area contributed by atoms with Crippen LogP contribution in [-0.2, 0) is 23.1 Å². The summed E-state index contributed by atoms with van der Waals surface area (Å²) in [5, 5.41) is 10.1. The van der Waals surface area contributed by atoms with Crippen LogP contribution in [0.5, 0.6) is 5.75 Å². The lowest BCUT2D eigenvalue weighted by atomic mass is 9.72. The zero-order valence-electron chi connectivity index (χ0n) is 10.2. The van der Waals surface area contributed by atoms with Crippen molar-refractivity contribution in [3.63, 3.8) is 0 Å². The number of halogens is 1. The quantitative estimate of drug-likeness (QED) is 0.848. The Kier molecular flexibility index (Phi) is 3.30. The zero-order chi connectivity index (χ0) is 12.6. The van der Waals surface area contributed by atoms with E-state index in [0.717, 1.165) is 35.6 Å². The summed E-state index contributed by atoms with van der Waals surface area (Å²) in [5.41, 5.74) is 3.28. The molecule has 1 aromatic carbocycles. The van der Waals surface area contributed by atoms with Gasteiger partial charge in [0.1, 0.15) is 12.0 Å². The van der Waals surface area contributed by atoms with E-state index in [1.807, 2.05) is 6.07 Å². The van der Waals surface area contributed by atoms with Crippen molar-refractivity contribution in [1.29, 1.82) is 0 Å². The van der Waals surface area contributed by atoms with Crippen LogP contribution in [0, 0.1) is 0 Å². The van der Waals surface area contributed by atoms with Gasteiger partial charge in [0.2, 0.25) is 0 Å². The summed E-state index contributed by atoms with van der Waals surface area (Å²) in [5.74, 6) is 0.228. The molecule has 0 aromatic heterocycles. The van der Waals surface area contributed by atoms with Gasteiger partial charge in [0.15, 0.2) is 0 Å². The van der Waals surface area contributed by atoms with Crippen LogP contribution < -0.4 is 0 Å². The third-order valence-corrected chi connectivity index (χ3v) is 4.40. The number of hydrogen-bond acceptors (Lipinski definition) is 2. The number of fused-ring (bicyclic) bond motifs is 1. The number of benzene rings is 1. The summed E-state index contributed by atoms with van der Waals surface area (Å²) in [6.07, 6.45) is 4.44. The molecule has 1 N–H and O–H groups in total. The normalized spacial score (nSPS) is 17.6. The molecule has 1 aromatic rings. The lowest BCUT2D eigenvalue weighted by Gasteiger charge is -2.34. The van der Waals surface area contributed by atoms with E-state index in [-0.39, 0.29) is 17.6 Å². The Bertz CT molecular complexity index is 464. The second kappa shape index (κ2) is 4.45. The van der Waals surface area contributed by atoms with E-state index in [4.69, 9.17) is 0 Å². The smallest absolute Gasteiger partial charge is 0.133 e. The van der Waals surface area contributed by atoms with Gasteiger partial charge in [0.25, 0.3) is 0 Å². The fraction of sp³-hybridized carbons (Fsp3) is 0.500. The van der Waals surface area contributed by atoms with Gasteiger partial charge in [-0.1, -0.05) is 19.9 Å². The lowest BCUT2D eigenvalue weighted by Crippen LogP contribution is -2.24. The first-order valence-electron chi connectivity index (χ1n) is 5.94. The Morgan fingerprint density at radius 3 is 2.88 bits per heavy atom. The molecule has 0 fully saturated rings. The average molecular weight is 297 g/mol. The first-order chi connectivity index (χ1) is 7.97. The Labute approximate surface area is 110 Å². The monoisotopic (exact) mass is 296 g/mol. The third-order valence-electron chi connectivity index (χ3n) is 3.63. The molecule has 17 heavy (non-hydrogen) atoms. The summed E-state index contributed by atoms with van der Waals surface area (Å²) in [7, 11) is 0. The van der Waals surface area contributed by atoms with Gasteiger partial charge in [0, 0.05) is 12.0 Å². The maximum absolute atomic E-state index is 10.6. The van der Waals surface area contributed by atoms with Crippen LogP contribution in [0.25, 0.3) is 0 Å². The SMILES string of the molecule is CC1(C)CCCc2cc(CC=O)c(O)c(Br)c21. The fourth-order valence-electron chi connectivity index (χ4n) is 2.77. The van der Waals surface area contributed by atoms with Crippen molar-refractivity contribution in [3.8, 4) is 5.75 Å². The largest absolute Gasteiger partial charge is 0.506 e. The summed E-state index contributed by atoms with van der Waals surface area (Å²) >= 11 is 3.50. The molecule has 0 saturated heterocycles. The first-order valence-corrected chi connectivity index (χ1v) is 6.74. The topological polar surface area (TPSA) is 37.3 Å². The number of hydrogen-bond donors (Lipinski definition) is 1. The van der Waals surface area contributed by atoms with Crippen LogP contribution in [0.1, 0.15) is 43.4 Å². The average Bonchev–Trinajstić information content (AvgIpc) is 2.24. The van der Waals surface area contributed by atoms with Gasteiger partial charge >= 0.3 is 0 Å². The molecule has 0 heterocycles. The maximum Gasteiger partial charge on any atom is 0.133 e. The Balaban J connectivity index is 2.63.